The number of carbonyl (C=O) groups excluding carboxylic acids is 1. The van der Waals surface area contributed by atoms with Crippen LogP contribution in [0.4, 0.5) is 10.5 Å². The van der Waals surface area contributed by atoms with Gasteiger partial charge in [0.25, 0.3) is 0 Å². The number of ether oxygens (including phenoxy) is 1. The van der Waals surface area contributed by atoms with Gasteiger partial charge in [0.15, 0.2) is 0 Å². The van der Waals surface area contributed by atoms with Crippen LogP contribution in [0.5, 0.6) is 5.75 Å². The molecule has 2 aliphatic rings. The van der Waals surface area contributed by atoms with E-state index in [1.807, 2.05) is 52.1 Å². The van der Waals surface area contributed by atoms with Gasteiger partial charge in [-0.1, -0.05) is 45.0 Å². The lowest BCUT2D eigenvalue weighted by Gasteiger charge is -2.32. The number of allylic oxidation sites excluding steroid dienone is 1. The molecule has 7 N–H and O–H groups in total. The summed E-state index contributed by atoms with van der Waals surface area (Å²) in [5, 5.41) is 48.3. The van der Waals surface area contributed by atoms with E-state index in [0.717, 1.165) is 30.5 Å². The highest BCUT2D eigenvalue weighted by Crippen LogP contribution is 2.38. The molecule has 2 aromatic heterocycles. The Labute approximate surface area is 275 Å². The van der Waals surface area contributed by atoms with Crippen LogP contribution in [-0.4, -0.2) is 68.2 Å². The minimum absolute atomic E-state index is 0.0265. The molecule has 1 fully saturated rings. The van der Waals surface area contributed by atoms with Gasteiger partial charge in [-0.05, 0) is 62.5 Å². The number of likely N-dealkylation sites (N-methyl/N-ethyl adjacent to an activating group) is 1. The quantitative estimate of drug-likeness (QED) is 0.128. The molecule has 13 heteroatoms. The second-order valence-corrected chi connectivity index (χ2v) is 13.2. The zero-order chi connectivity index (χ0) is 33.7. The molecule has 0 saturated carbocycles. The summed E-state index contributed by atoms with van der Waals surface area (Å²) in [5.74, 6) is 1.29. The maximum atomic E-state index is 13.4. The van der Waals surface area contributed by atoms with Crippen molar-refractivity contribution < 1.29 is 14.6 Å². The number of pyridine rings is 1. The Hall–Kier alpha value is -4.75. The molecule has 0 spiro atoms. The highest BCUT2D eigenvalue weighted by molar-refractivity contribution is 5.97. The molecule has 250 valence electrons. The number of fused-ring (bicyclic) bond motifs is 1. The standard InChI is InChI=1S/C34H46N10O3/c1-34(2,3)29(35)18-31(39-22-19-38-43(20-22)16-17-45)41-33(46)40-26-12-13-28(25-9-6-5-8-24(25)26)47-23-11-14-30(36)44(21-23)32(37)27-10-7-15-42(27)4/h5-6,8-9,11,14,18-21,26-28,35-37,39,45H,7,10,12-13,15-17H2,1-4H3,(H2,40,41,46)/b31-18+,35-29?,36-30?,37-32?/t26?,27-,28?/m0/s1. The molecule has 3 aromatic rings. The third-order valence-corrected chi connectivity index (χ3v) is 8.62. The lowest BCUT2D eigenvalue weighted by Crippen LogP contribution is -2.41. The van der Waals surface area contributed by atoms with E-state index < -0.39 is 11.4 Å². The van der Waals surface area contributed by atoms with Crippen LogP contribution in [0, 0.1) is 21.6 Å². The number of aromatic nitrogens is 3. The van der Waals surface area contributed by atoms with E-state index in [1.54, 1.807) is 46.0 Å². The van der Waals surface area contributed by atoms with Gasteiger partial charge in [-0.3, -0.25) is 30.3 Å². The molecule has 1 aliphatic carbocycles. The number of amides is 2. The molecule has 1 saturated heterocycles. The van der Waals surface area contributed by atoms with Crippen LogP contribution < -0.4 is 26.2 Å². The van der Waals surface area contributed by atoms with Gasteiger partial charge in [0.2, 0.25) is 0 Å². The summed E-state index contributed by atoms with van der Waals surface area (Å²) >= 11 is 0. The third kappa shape index (κ3) is 8.16. The Morgan fingerprint density at radius 2 is 1.87 bits per heavy atom. The average molecular weight is 643 g/mol. The van der Waals surface area contributed by atoms with Crippen LogP contribution in [0.15, 0.2) is 66.9 Å². The maximum absolute atomic E-state index is 13.4. The Balaban J connectivity index is 1.30. The van der Waals surface area contributed by atoms with Crippen molar-refractivity contribution in [3.05, 3.63) is 83.5 Å². The van der Waals surface area contributed by atoms with Gasteiger partial charge in [0.1, 0.15) is 29.0 Å². The largest absolute Gasteiger partial charge is 0.484 e. The van der Waals surface area contributed by atoms with E-state index in [0.29, 0.717) is 48.2 Å². The van der Waals surface area contributed by atoms with Crippen LogP contribution in [0.1, 0.15) is 69.7 Å². The number of aliphatic hydroxyl groups excluding tert-OH is 1. The molecule has 2 unspecified atom stereocenters. The normalized spacial score (nSPS) is 19.9. The van der Waals surface area contributed by atoms with Crippen molar-refractivity contribution in [3.8, 4) is 5.75 Å². The molecule has 2 amide bonds. The second kappa shape index (κ2) is 14.3. The van der Waals surface area contributed by atoms with Gasteiger partial charge >= 0.3 is 6.03 Å². The Morgan fingerprint density at radius 1 is 1.11 bits per heavy atom. The first-order valence-electron chi connectivity index (χ1n) is 16.0. The lowest BCUT2D eigenvalue weighted by molar-refractivity contribution is 0.170. The fourth-order valence-electron chi connectivity index (χ4n) is 5.94. The van der Waals surface area contributed by atoms with Crippen molar-refractivity contribution in [3.63, 3.8) is 0 Å². The number of carbonyl (C=O) groups is 1. The maximum Gasteiger partial charge on any atom is 0.320 e. The number of aliphatic hydroxyl groups is 1. The van der Waals surface area contributed by atoms with Crippen molar-refractivity contribution in [1.82, 2.24) is 29.9 Å². The van der Waals surface area contributed by atoms with Crippen LogP contribution in [0.3, 0.4) is 0 Å². The topological polar surface area (TPSA) is 180 Å². The highest BCUT2D eigenvalue weighted by Gasteiger charge is 2.30. The minimum atomic E-state index is -0.434. The van der Waals surface area contributed by atoms with Crippen LogP contribution >= 0.6 is 0 Å². The minimum Gasteiger partial charge on any atom is -0.484 e. The lowest BCUT2D eigenvalue weighted by atomic mass is 9.85. The van der Waals surface area contributed by atoms with E-state index in [1.165, 1.54) is 0 Å². The zero-order valence-corrected chi connectivity index (χ0v) is 27.5. The second-order valence-electron chi connectivity index (χ2n) is 13.2. The van der Waals surface area contributed by atoms with Crippen molar-refractivity contribution in [1.29, 1.82) is 16.2 Å². The van der Waals surface area contributed by atoms with E-state index in [9.17, 15) is 9.90 Å². The predicted molar refractivity (Wildman–Crippen MR) is 181 cm³/mol. The smallest absolute Gasteiger partial charge is 0.320 e. The summed E-state index contributed by atoms with van der Waals surface area (Å²) in [7, 11) is 2.01. The number of benzene rings is 1. The fourth-order valence-corrected chi connectivity index (χ4v) is 5.94. The molecule has 5 rings (SSSR count). The van der Waals surface area contributed by atoms with Crippen molar-refractivity contribution in [2.24, 2.45) is 5.41 Å². The van der Waals surface area contributed by atoms with Crippen molar-refractivity contribution in [2.45, 2.75) is 71.2 Å². The number of anilines is 1. The first-order valence-corrected chi connectivity index (χ1v) is 16.0. The molecule has 3 heterocycles. The van der Waals surface area contributed by atoms with Crippen LogP contribution in [0.25, 0.3) is 0 Å². The van der Waals surface area contributed by atoms with E-state index in [4.69, 9.17) is 21.0 Å². The summed E-state index contributed by atoms with van der Waals surface area (Å²) in [4.78, 5) is 15.5. The highest BCUT2D eigenvalue weighted by atomic mass is 16.5. The van der Waals surface area contributed by atoms with Gasteiger partial charge in [-0.2, -0.15) is 5.10 Å². The Bertz CT molecular complexity index is 1700. The third-order valence-electron chi connectivity index (χ3n) is 8.62. The average Bonchev–Trinajstić information content (AvgIpc) is 3.66. The van der Waals surface area contributed by atoms with Gasteiger partial charge in [0.05, 0.1) is 43.3 Å². The first kappa shape index (κ1) is 33.6. The van der Waals surface area contributed by atoms with Gasteiger partial charge in [-0.25, -0.2) is 4.79 Å². The van der Waals surface area contributed by atoms with E-state index >= 15 is 0 Å². The molecule has 3 atom stereocenters. The monoisotopic (exact) mass is 642 g/mol. The molecule has 0 radical (unpaired) electrons. The summed E-state index contributed by atoms with van der Waals surface area (Å²) in [5.41, 5.74) is 2.67. The summed E-state index contributed by atoms with van der Waals surface area (Å²) in [6.45, 7) is 7.02. The molecular formula is C34H46N10O3. The van der Waals surface area contributed by atoms with Crippen LogP contribution in [-0.2, 0) is 6.54 Å². The number of hydrogen-bond donors (Lipinski definition) is 7. The number of nitrogens with zero attached hydrogens (tertiary/aromatic N) is 4. The molecular weight excluding hydrogens is 596 g/mol. The van der Waals surface area contributed by atoms with E-state index in [2.05, 4.69) is 25.9 Å². The molecule has 0 bridgehead atoms. The summed E-state index contributed by atoms with van der Waals surface area (Å²) in [6.07, 6.45) is 9.59. The predicted octanol–water partition coefficient (Wildman–Crippen LogP) is 4.35. The number of rotatable bonds is 10. The number of hydrogen-bond acceptors (Lipinski definition) is 9. The fraction of sp³-hybridized carbons (Fsp3) is 0.441. The Kier molecular flexibility index (Phi) is 10.3. The number of urea groups is 1. The molecule has 13 nitrogen and oxygen atoms in total. The van der Waals surface area contributed by atoms with Crippen LogP contribution in [0.2, 0.25) is 0 Å². The number of nitrogens with one attached hydrogen (secondary N) is 6. The van der Waals surface area contributed by atoms with Gasteiger partial charge < -0.3 is 25.9 Å². The summed E-state index contributed by atoms with van der Waals surface area (Å²) < 4.78 is 9.67. The van der Waals surface area contributed by atoms with Gasteiger partial charge in [0, 0.05) is 23.4 Å². The Morgan fingerprint density at radius 3 is 2.57 bits per heavy atom. The SMILES string of the molecule is CN1CCC[C@H]1C(=N)n1cc(OC2CCC(NC(=O)N/C(=C/C(=N)C(C)(C)C)Nc3cnn(CCO)c3)c3ccccc32)ccc1=N. The van der Waals surface area contributed by atoms with Crippen molar-refractivity contribution in [2.75, 3.05) is 25.5 Å². The van der Waals surface area contributed by atoms with E-state index in [-0.39, 0.29) is 30.3 Å². The molecule has 47 heavy (non-hydrogen) atoms. The number of likely N-dealkylation sites (tertiary alicyclic amines) is 1. The van der Waals surface area contributed by atoms with Crippen molar-refractivity contribution >= 4 is 23.3 Å². The first-order chi connectivity index (χ1) is 22.4. The van der Waals surface area contributed by atoms with Gasteiger partial charge in [-0.15, -0.1) is 0 Å². The molecule has 1 aliphatic heterocycles. The summed E-state index contributed by atoms with van der Waals surface area (Å²) in [6, 6.07) is 10.6. The molecule has 1 aromatic carbocycles. The zero-order valence-electron chi connectivity index (χ0n) is 27.5.